The molecule has 0 amide bonds. The summed E-state index contributed by atoms with van der Waals surface area (Å²) in [7, 11) is 0. The number of hydrogen-bond donors (Lipinski definition) is 0. The standard InChI is InChI=1S/C18H33N/c1-5-7-14-10-18(16-11-15(14)16)19(6-2)17-9-8-12(3)13(17)4/h12-18H,5-11H2,1-4H3/t12?,13?,14?,15?,16?,17-,18?/m0/s1. The van der Waals surface area contributed by atoms with E-state index in [-0.39, 0.29) is 0 Å². The highest BCUT2D eigenvalue weighted by molar-refractivity contribution is 5.08. The minimum Gasteiger partial charge on any atom is -0.297 e. The van der Waals surface area contributed by atoms with E-state index in [1.54, 1.807) is 6.42 Å². The fraction of sp³-hybridized carbons (Fsp3) is 1.00. The average Bonchev–Trinajstić information content (AvgIpc) is 3.04. The smallest absolute Gasteiger partial charge is 0.0132 e. The van der Waals surface area contributed by atoms with Gasteiger partial charge in [-0.15, -0.1) is 0 Å². The molecule has 3 saturated carbocycles. The van der Waals surface area contributed by atoms with Crippen LogP contribution in [0.3, 0.4) is 0 Å². The summed E-state index contributed by atoms with van der Waals surface area (Å²) >= 11 is 0. The molecule has 3 fully saturated rings. The highest BCUT2D eigenvalue weighted by atomic mass is 15.2. The highest BCUT2D eigenvalue weighted by Crippen LogP contribution is 2.59. The van der Waals surface area contributed by atoms with Crippen LogP contribution in [0.1, 0.15) is 66.2 Å². The summed E-state index contributed by atoms with van der Waals surface area (Å²) in [5, 5.41) is 0. The van der Waals surface area contributed by atoms with Gasteiger partial charge < -0.3 is 0 Å². The third-order valence-electron chi connectivity index (χ3n) is 6.83. The number of rotatable bonds is 5. The Morgan fingerprint density at radius 1 is 0.947 bits per heavy atom. The van der Waals surface area contributed by atoms with Crippen molar-refractivity contribution in [3.8, 4) is 0 Å². The van der Waals surface area contributed by atoms with Crippen LogP contribution in [-0.2, 0) is 0 Å². The normalized spacial score (nSPS) is 48.8. The van der Waals surface area contributed by atoms with E-state index in [9.17, 15) is 0 Å². The van der Waals surface area contributed by atoms with Gasteiger partial charge in [0.2, 0.25) is 0 Å². The molecule has 0 aromatic carbocycles. The quantitative estimate of drug-likeness (QED) is 0.702. The molecule has 0 N–H and O–H groups in total. The second-order valence-electron chi connectivity index (χ2n) is 7.73. The van der Waals surface area contributed by atoms with E-state index in [2.05, 4.69) is 32.6 Å². The van der Waals surface area contributed by atoms with Crippen molar-refractivity contribution in [3.05, 3.63) is 0 Å². The molecule has 6 unspecified atom stereocenters. The van der Waals surface area contributed by atoms with Gasteiger partial charge in [-0.25, -0.2) is 0 Å². The van der Waals surface area contributed by atoms with Gasteiger partial charge in [0.1, 0.15) is 0 Å². The molecule has 0 aromatic heterocycles. The van der Waals surface area contributed by atoms with E-state index in [0.29, 0.717) is 0 Å². The maximum Gasteiger partial charge on any atom is 0.0132 e. The monoisotopic (exact) mass is 263 g/mol. The van der Waals surface area contributed by atoms with E-state index in [1.165, 1.54) is 38.6 Å². The Morgan fingerprint density at radius 2 is 1.74 bits per heavy atom. The molecule has 19 heavy (non-hydrogen) atoms. The molecule has 0 spiro atoms. The summed E-state index contributed by atoms with van der Waals surface area (Å²) in [6.07, 6.45) is 8.89. The molecule has 7 atom stereocenters. The lowest BCUT2D eigenvalue weighted by molar-refractivity contribution is 0.0963. The van der Waals surface area contributed by atoms with Gasteiger partial charge in [0, 0.05) is 12.1 Å². The largest absolute Gasteiger partial charge is 0.297 e. The summed E-state index contributed by atoms with van der Waals surface area (Å²) in [6.45, 7) is 11.0. The van der Waals surface area contributed by atoms with Gasteiger partial charge in [-0.05, 0) is 61.8 Å². The third-order valence-corrected chi connectivity index (χ3v) is 6.83. The van der Waals surface area contributed by atoms with Gasteiger partial charge in [0.05, 0.1) is 0 Å². The minimum absolute atomic E-state index is 0.895. The first-order chi connectivity index (χ1) is 9.17. The van der Waals surface area contributed by atoms with Gasteiger partial charge in [-0.1, -0.05) is 40.5 Å². The molecule has 3 aliphatic carbocycles. The molecule has 0 saturated heterocycles. The van der Waals surface area contributed by atoms with E-state index in [0.717, 1.165) is 41.7 Å². The molecule has 0 heterocycles. The minimum atomic E-state index is 0.895. The SMILES string of the molecule is CCCC1CC(N(CC)[C@H]2CCC(C)C2C)C2CC12. The first-order valence-corrected chi connectivity index (χ1v) is 8.93. The van der Waals surface area contributed by atoms with Crippen LogP contribution in [0.4, 0.5) is 0 Å². The summed E-state index contributed by atoms with van der Waals surface area (Å²) in [6, 6.07) is 1.84. The first-order valence-electron chi connectivity index (χ1n) is 8.93. The lowest BCUT2D eigenvalue weighted by atomic mass is 9.93. The van der Waals surface area contributed by atoms with Crippen molar-refractivity contribution in [2.45, 2.75) is 78.3 Å². The topological polar surface area (TPSA) is 3.24 Å². The molecule has 1 nitrogen and oxygen atoms in total. The van der Waals surface area contributed by atoms with E-state index >= 15 is 0 Å². The maximum absolute atomic E-state index is 2.94. The fourth-order valence-corrected chi connectivity index (χ4v) is 5.49. The van der Waals surface area contributed by atoms with Crippen LogP contribution in [0.25, 0.3) is 0 Å². The second-order valence-corrected chi connectivity index (χ2v) is 7.73. The van der Waals surface area contributed by atoms with Crippen LogP contribution in [0.2, 0.25) is 0 Å². The molecule has 0 aromatic rings. The maximum atomic E-state index is 2.94. The lowest BCUT2D eigenvalue weighted by Crippen LogP contribution is -2.45. The van der Waals surface area contributed by atoms with Gasteiger partial charge in [0.15, 0.2) is 0 Å². The Hall–Kier alpha value is -0.0400. The van der Waals surface area contributed by atoms with Crippen LogP contribution in [0.5, 0.6) is 0 Å². The summed E-state index contributed by atoms with van der Waals surface area (Å²) in [4.78, 5) is 2.94. The van der Waals surface area contributed by atoms with Crippen molar-refractivity contribution in [3.63, 3.8) is 0 Å². The molecule has 0 bridgehead atoms. The predicted molar refractivity (Wildman–Crippen MR) is 82.1 cm³/mol. The van der Waals surface area contributed by atoms with E-state index < -0.39 is 0 Å². The zero-order chi connectivity index (χ0) is 13.6. The molecule has 110 valence electrons. The predicted octanol–water partition coefficient (Wildman–Crippen LogP) is 4.57. The lowest BCUT2D eigenvalue weighted by Gasteiger charge is -2.38. The van der Waals surface area contributed by atoms with Crippen LogP contribution in [0.15, 0.2) is 0 Å². The average molecular weight is 263 g/mol. The zero-order valence-electron chi connectivity index (χ0n) is 13.4. The van der Waals surface area contributed by atoms with Crippen molar-refractivity contribution in [2.75, 3.05) is 6.54 Å². The van der Waals surface area contributed by atoms with Crippen molar-refractivity contribution >= 4 is 0 Å². The van der Waals surface area contributed by atoms with Crippen LogP contribution >= 0.6 is 0 Å². The summed E-state index contributed by atoms with van der Waals surface area (Å²) in [5.74, 6) is 5.14. The Bertz CT molecular complexity index is 313. The molecular formula is C18H33N. The first kappa shape index (κ1) is 13.9. The van der Waals surface area contributed by atoms with Crippen LogP contribution < -0.4 is 0 Å². The van der Waals surface area contributed by atoms with Crippen molar-refractivity contribution in [1.82, 2.24) is 4.90 Å². The van der Waals surface area contributed by atoms with Gasteiger partial charge in [0.25, 0.3) is 0 Å². The van der Waals surface area contributed by atoms with Gasteiger partial charge in [-0.3, -0.25) is 4.90 Å². The van der Waals surface area contributed by atoms with E-state index in [4.69, 9.17) is 0 Å². The zero-order valence-corrected chi connectivity index (χ0v) is 13.4. The molecule has 0 aliphatic heterocycles. The third kappa shape index (κ3) is 2.37. The highest BCUT2D eigenvalue weighted by Gasteiger charge is 2.56. The summed E-state index contributed by atoms with van der Waals surface area (Å²) < 4.78 is 0. The Morgan fingerprint density at radius 3 is 2.32 bits per heavy atom. The molecule has 0 radical (unpaired) electrons. The molecule has 1 heteroatoms. The molecule has 3 rings (SSSR count). The van der Waals surface area contributed by atoms with E-state index in [1.807, 2.05) is 0 Å². The van der Waals surface area contributed by atoms with Crippen molar-refractivity contribution < 1.29 is 0 Å². The number of hydrogen-bond acceptors (Lipinski definition) is 1. The fourth-order valence-electron chi connectivity index (χ4n) is 5.49. The number of nitrogens with zero attached hydrogens (tertiary/aromatic N) is 1. The molecular weight excluding hydrogens is 230 g/mol. The van der Waals surface area contributed by atoms with Crippen LogP contribution in [-0.4, -0.2) is 23.5 Å². The van der Waals surface area contributed by atoms with Crippen molar-refractivity contribution in [1.29, 1.82) is 0 Å². The Kier molecular flexibility index (Phi) is 3.95. The summed E-state index contributed by atoms with van der Waals surface area (Å²) in [5.41, 5.74) is 0. The van der Waals surface area contributed by atoms with Crippen molar-refractivity contribution in [2.24, 2.45) is 29.6 Å². The second kappa shape index (κ2) is 5.39. The van der Waals surface area contributed by atoms with Gasteiger partial charge in [-0.2, -0.15) is 0 Å². The Balaban J connectivity index is 1.67. The molecule has 3 aliphatic rings. The number of fused-ring (bicyclic) bond motifs is 1. The Labute approximate surface area is 120 Å². The van der Waals surface area contributed by atoms with Crippen LogP contribution in [0, 0.1) is 29.6 Å². The van der Waals surface area contributed by atoms with Gasteiger partial charge >= 0.3 is 0 Å².